The first-order valence-corrected chi connectivity index (χ1v) is 11.9. The summed E-state index contributed by atoms with van der Waals surface area (Å²) in [6, 6.07) is 7.62. The minimum absolute atomic E-state index is 0. The number of rotatable bonds is 10. The summed E-state index contributed by atoms with van der Waals surface area (Å²) in [4.78, 5) is 11.5. The number of aliphatic imine (C=N–C) groups is 1. The Morgan fingerprint density at radius 3 is 2.53 bits per heavy atom. The highest BCUT2D eigenvalue weighted by atomic mass is 127. The zero-order chi connectivity index (χ0) is 21.9. The number of likely N-dealkylation sites (tertiary alicyclic amines) is 1. The molecule has 0 amide bonds. The third-order valence-electron chi connectivity index (χ3n) is 5.50. The molecule has 3 rings (SSSR count). The number of hydrogen-bond acceptors (Lipinski definition) is 6. The zero-order valence-corrected chi connectivity index (χ0v) is 22.4. The van der Waals surface area contributed by atoms with Crippen LogP contribution in [-0.4, -0.2) is 62.8 Å². The quantitative estimate of drug-likeness (QED) is 0.195. The van der Waals surface area contributed by atoms with Crippen LogP contribution in [-0.2, 0) is 13.0 Å². The number of benzene rings is 1. The van der Waals surface area contributed by atoms with Gasteiger partial charge in [0, 0.05) is 25.5 Å². The van der Waals surface area contributed by atoms with Crippen molar-refractivity contribution in [2.45, 2.75) is 32.7 Å². The van der Waals surface area contributed by atoms with Gasteiger partial charge in [-0.05, 0) is 62.5 Å². The second-order valence-corrected chi connectivity index (χ2v) is 8.65. The van der Waals surface area contributed by atoms with Gasteiger partial charge in [-0.1, -0.05) is 6.92 Å². The van der Waals surface area contributed by atoms with Crippen LogP contribution in [0.2, 0.25) is 0 Å². The molecule has 0 saturated carbocycles. The number of guanidine groups is 1. The van der Waals surface area contributed by atoms with Gasteiger partial charge in [0.15, 0.2) is 5.96 Å². The lowest BCUT2D eigenvalue weighted by Crippen LogP contribution is -2.43. The summed E-state index contributed by atoms with van der Waals surface area (Å²) in [5, 5.41) is 10.2. The van der Waals surface area contributed by atoms with Gasteiger partial charge in [0.2, 0.25) is 0 Å². The van der Waals surface area contributed by atoms with Gasteiger partial charge in [-0.2, -0.15) is 0 Å². The number of nitrogens with zero attached hydrogens (tertiary/aromatic N) is 3. The number of thiazole rings is 1. The van der Waals surface area contributed by atoms with Gasteiger partial charge in [-0.3, -0.25) is 9.89 Å². The largest absolute Gasteiger partial charge is 0.497 e. The van der Waals surface area contributed by atoms with E-state index in [4.69, 9.17) is 14.5 Å². The third kappa shape index (κ3) is 8.74. The summed E-state index contributed by atoms with van der Waals surface area (Å²) in [5.41, 5.74) is 1.22. The number of aromatic nitrogens is 1. The lowest BCUT2D eigenvalue weighted by Gasteiger charge is -2.31. The Kier molecular flexibility index (Phi) is 12.1. The molecule has 0 radical (unpaired) electrons. The van der Waals surface area contributed by atoms with E-state index >= 15 is 0 Å². The van der Waals surface area contributed by atoms with Crippen LogP contribution in [0.25, 0.3) is 0 Å². The van der Waals surface area contributed by atoms with E-state index in [1.165, 1.54) is 23.5 Å². The monoisotopic (exact) mass is 573 g/mol. The van der Waals surface area contributed by atoms with Gasteiger partial charge in [-0.15, -0.1) is 35.3 Å². The first-order valence-electron chi connectivity index (χ1n) is 11.1. The number of hydrogen-bond donors (Lipinski definition) is 2. The molecule has 1 aromatic heterocycles. The molecule has 9 heteroatoms. The fourth-order valence-corrected chi connectivity index (χ4v) is 4.37. The van der Waals surface area contributed by atoms with Crippen molar-refractivity contribution in [3.05, 3.63) is 40.3 Å². The smallest absolute Gasteiger partial charge is 0.191 e. The van der Waals surface area contributed by atoms with E-state index in [1.54, 1.807) is 25.5 Å². The molecule has 1 aliphatic rings. The van der Waals surface area contributed by atoms with Crippen molar-refractivity contribution in [1.29, 1.82) is 0 Å². The first kappa shape index (κ1) is 26.7. The van der Waals surface area contributed by atoms with E-state index in [0.717, 1.165) is 50.1 Å². The normalized spacial score (nSPS) is 15.2. The van der Waals surface area contributed by atoms with Gasteiger partial charge >= 0.3 is 0 Å². The van der Waals surface area contributed by atoms with Gasteiger partial charge in [0.1, 0.15) is 18.1 Å². The second-order valence-electron chi connectivity index (χ2n) is 7.71. The lowest BCUT2D eigenvalue weighted by atomic mass is 9.97. The highest BCUT2D eigenvalue weighted by Crippen LogP contribution is 2.20. The van der Waals surface area contributed by atoms with E-state index in [1.807, 2.05) is 24.3 Å². The van der Waals surface area contributed by atoms with Crippen LogP contribution in [0.5, 0.6) is 11.5 Å². The van der Waals surface area contributed by atoms with Crippen LogP contribution in [0, 0.1) is 5.92 Å². The van der Waals surface area contributed by atoms with Crippen LogP contribution in [0.4, 0.5) is 0 Å². The number of aryl methyl sites for hydroxylation is 1. The summed E-state index contributed by atoms with van der Waals surface area (Å²) < 4.78 is 10.9. The lowest BCUT2D eigenvalue weighted by molar-refractivity contribution is 0.176. The molecule has 0 atom stereocenters. The van der Waals surface area contributed by atoms with E-state index in [9.17, 15) is 0 Å². The predicted octanol–water partition coefficient (Wildman–Crippen LogP) is 3.79. The zero-order valence-electron chi connectivity index (χ0n) is 19.3. The number of halogens is 1. The van der Waals surface area contributed by atoms with E-state index in [0.29, 0.717) is 19.1 Å². The first-order chi connectivity index (χ1) is 15.2. The molecule has 0 bridgehead atoms. The summed E-state index contributed by atoms with van der Waals surface area (Å²) in [6.45, 7) is 7.62. The second kappa shape index (κ2) is 14.5. The van der Waals surface area contributed by atoms with Gasteiger partial charge in [0.05, 0.1) is 24.4 Å². The van der Waals surface area contributed by atoms with Gasteiger partial charge in [-0.25, -0.2) is 4.98 Å². The average Bonchev–Trinajstić information content (AvgIpc) is 3.27. The fourth-order valence-electron chi connectivity index (χ4n) is 3.63. The number of piperidine rings is 1. The van der Waals surface area contributed by atoms with E-state index in [2.05, 4.69) is 32.8 Å². The van der Waals surface area contributed by atoms with Gasteiger partial charge < -0.3 is 20.1 Å². The maximum atomic E-state index is 5.75. The molecule has 7 nitrogen and oxygen atoms in total. The van der Waals surface area contributed by atoms with Crippen molar-refractivity contribution in [3.63, 3.8) is 0 Å². The Balaban J connectivity index is 0.00000363. The number of nitrogens with one attached hydrogen (secondary N) is 2. The highest BCUT2D eigenvalue weighted by molar-refractivity contribution is 14.0. The van der Waals surface area contributed by atoms with Crippen LogP contribution in [0.15, 0.2) is 34.6 Å². The van der Waals surface area contributed by atoms with E-state index in [-0.39, 0.29) is 24.0 Å². The molecule has 1 aromatic carbocycles. The minimum Gasteiger partial charge on any atom is -0.497 e. The predicted molar refractivity (Wildman–Crippen MR) is 143 cm³/mol. The highest BCUT2D eigenvalue weighted by Gasteiger charge is 2.20. The molecule has 0 aliphatic carbocycles. The molecule has 1 fully saturated rings. The van der Waals surface area contributed by atoms with E-state index < -0.39 is 0 Å². The topological polar surface area (TPSA) is 71.0 Å². The number of methoxy groups -OCH3 is 1. The summed E-state index contributed by atoms with van der Waals surface area (Å²) in [7, 11) is 3.47. The molecule has 2 heterocycles. The molecule has 2 N–H and O–H groups in total. The van der Waals surface area contributed by atoms with Crippen molar-refractivity contribution in [2.75, 3.05) is 46.9 Å². The Hall–Kier alpha value is -1.59. The van der Waals surface area contributed by atoms with Crippen LogP contribution in [0.1, 0.15) is 30.5 Å². The molecule has 2 aromatic rings. The third-order valence-corrected chi connectivity index (χ3v) is 6.54. The van der Waals surface area contributed by atoms with Crippen LogP contribution in [0.3, 0.4) is 0 Å². The summed E-state index contributed by atoms with van der Waals surface area (Å²) >= 11 is 1.78. The van der Waals surface area contributed by atoms with Crippen molar-refractivity contribution in [3.8, 4) is 11.5 Å². The molecule has 178 valence electrons. The van der Waals surface area contributed by atoms with Crippen LogP contribution >= 0.6 is 35.3 Å². The maximum absolute atomic E-state index is 5.75. The van der Waals surface area contributed by atoms with Crippen molar-refractivity contribution < 1.29 is 9.47 Å². The number of ether oxygens (including phenoxy) is 2. The Morgan fingerprint density at radius 2 is 1.91 bits per heavy atom. The van der Waals surface area contributed by atoms with Crippen molar-refractivity contribution in [1.82, 2.24) is 20.5 Å². The minimum atomic E-state index is 0. The summed E-state index contributed by atoms with van der Waals surface area (Å²) in [5.74, 6) is 3.16. The molecular weight excluding hydrogens is 537 g/mol. The van der Waals surface area contributed by atoms with Crippen LogP contribution < -0.4 is 20.1 Å². The molecule has 1 aliphatic heterocycles. The van der Waals surface area contributed by atoms with Crippen molar-refractivity contribution in [2.24, 2.45) is 10.9 Å². The molecular formula is C23H36IN5O2S. The Morgan fingerprint density at radius 1 is 1.19 bits per heavy atom. The molecule has 0 unspecified atom stereocenters. The molecule has 1 saturated heterocycles. The van der Waals surface area contributed by atoms with Crippen molar-refractivity contribution >= 4 is 41.3 Å². The van der Waals surface area contributed by atoms with Gasteiger partial charge in [0.25, 0.3) is 0 Å². The Labute approximate surface area is 213 Å². The summed E-state index contributed by atoms with van der Waals surface area (Å²) in [6.07, 6.45) is 3.44. The fraction of sp³-hybridized carbons (Fsp3) is 0.565. The molecule has 32 heavy (non-hydrogen) atoms. The average molecular weight is 574 g/mol. The maximum Gasteiger partial charge on any atom is 0.191 e. The molecule has 0 spiro atoms. The SMILES string of the molecule is CCc1nc(CN2CCC(CNC(=NC)NCCOc3ccc(OC)cc3)CC2)cs1.I. The Bertz CT molecular complexity index is 807. The standard InChI is InChI=1S/C23H35N5O2S.HI/c1-4-22-27-19(17-31-22)16-28-12-9-18(10-13-28)15-26-23(24-2)25-11-14-30-21-7-5-20(29-3)6-8-21;/h5-8,17-18H,4,9-16H2,1-3H3,(H2,24,25,26);1H.